The molecular formula is C30H31N3O3. The summed E-state index contributed by atoms with van der Waals surface area (Å²) in [7, 11) is 0. The molecule has 3 aromatic carbocycles. The number of ether oxygens (including phenoxy) is 1. The second-order valence-corrected chi connectivity index (χ2v) is 9.24. The van der Waals surface area contributed by atoms with Crippen molar-refractivity contribution in [2.24, 2.45) is 0 Å². The monoisotopic (exact) mass is 481 g/mol. The third kappa shape index (κ3) is 6.22. The molecule has 1 fully saturated rings. The van der Waals surface area contributed by atoms with Crippen LogP contribution in [0.2, 0.25) is 0 Å². The molecule has 1 aromatic heterocycles. The molecule has 6 heteroatoms. The number of carbonyl (C=O) groups is 1. The van der Waals surface area contributed by atoms with Crippen molar-refractivity contribution in [3.05, 3.63) is 114 Å². The minimum absolute atomic E-state index is 0.336. The Kier molecular flexibility index (Phi) is 7.45. The van der Waals surface area contributed by atoms with Gasteiger partial charge >= 0.3 is 5.97 Å². The molecule has 0 saturated carbocycles. The van der Waals surface area contributed by atoms with E-state index in [4.69, 9.17) is 9.84 Å². The summed E-state index contributed by atoms with van der Waals surface area (Å²) in [6, 6.07) is 27.7. The van der Waals surface area contributed by atoms with E-state index < -0.39 is 5.97 Å². The summed E-state index contributed by atoms with van der Waals surface area (Å²) >= 11 is 0. The van der Waals surface area contributed by atoms with Gasteiger partial charge in [-0.15, -0.1) is 0 Å². The number of carboxylic acids is 1. The first-order chi connectivity index (χ1) is 17.6. The largest absolute Gasteiger partial charge is 0.478 e. The molecule has 6 nitrogen and oxygen atoms in total. The smallest absolute Gasteiger partial charge is 0.335 e. The van der Waals surface area contributed by atoms with Gasteiger partial charge in [0.2, 0.25) is 0 Å². The molecule has 0 aliphatic carbocycles. The molecule has 0 unspecified atom stereocenters. The van der Waals surface area contributed by atoms with Crippen molar-refractivity contribution in [1.82, 2.24) is 14.4 Å². The second-order valence-electron chi connectivity index (χ2n) is 9.24. The Morgan fingerprint density at radius 1 is 0.694 bits per heavy atom. The molecule has 5 rings (SSSR count). The van der Waals surface area contributed by atoms with Gasteiger partial charge in [0, 0.05) is 44.3 Å². The molecule has 1 saturated heterocycles. The number of hydrogen-bond acceptors (Lipinski definition) is 4. The summed E-state index contributed by atoms with van der Waals surface area (Å²) < 4.78 is 8.11. The number of rotatable bonds is 8. The van der Waals surface area contributed by atoms with Crippen LogP contribution < -0.4 is 4.74 Å². The first kappa shape index (κ1) is 23.9. The van der Waals surface area contributed by atoms with Crippen LogP contribution >= 0.6 is 0 Å². The van der Waals surface area contributed by atoms with E-state index in [0.717, 1.165) is 68.4 Å². The van der Waals surface area contributed by atoms with Crippen LogP contribution in [-0.4, -0.2) is 51.6 Å². The Hall–Kier alpha value is -3.87. The third-order valence-electron chi connectivity index (χ3n) is 6.59. The Morgan fingerprint density at radius 2 is 1.19 bits per heavy atom. The summed E-state index contributed by atoms with van der Waals surface area (Å²) in [4.78, 5) is 16.0. The van der Waals surface area contributed by atoms with E-state index in [2.05, 4.69) is 38.6 Å². The average Bonchev–Trinajstić information content (AvgIpc) is 3.35. The number of nitrogens with zero attached hydrogens (tertiary/aromatic N) is 3. The zero-order chi connectivity index (χ0) is 24.7. The molecule has 36 heavy (non-hydrogen) atoms. The lowest BCUT2D eigenvalue weighted by Gasteiger charge is -2.22. The van der Waals surface area contributed by atoms with Crippen LogP contribution in [0.1, 0.15) is 27.9 Å². The molecule has 1 aliphatic heterocycles. The van der Waals surface area contributed by atoms with Gasteiger partial charge in [-0.05, 0) is 91.3 Å². The molecule has 2 heterocycles. The third-order valence-corrected chi connectivity index (χ3v) is 6.59. The molecule has 184 valence electrons. The molecule has 0 atom stereocenters. The Bertz CT molecular complexity index is 1250. The molecule has 1 aliphatic rings. The molecule has 4 aromatic rings. The Balaban J connectivity index is 1.11. The zero-order valence-electron chi connectivity index (χ0n) is 20.3. The molecule has 0 spiro atoms. The fraction of sp³-hybridized carbons (Fsp3) is 0.233. The van der Waals surface area contributed by atoms with E-state index in [-0.39, 0.29) is 0 Å². The SMILES string of the molecule is O=C(O)c1ccc(CN2CCCN(Cc3ccc(Oc4ccc(-n5cccc5)cc4)cc3)CC2)cc1. The molecular weight excluding hydrogens is 450 g/mol. The molecule has 0 radical (unpaired) electrons. The highest BCUT2D eigenvalue weighted by atomic mass is 16.5. The van der Waals surface area contributed by atoms with Crippen molar-refractivity contribution in [2.45, 2.75) is 19.5 Å². The summed E-state index contributed by atoms with van der Waals surface area (Å²) in [5, 5.41) is 9.08. The summed E-state index contributed by atoms with van der Waals surface area (Å²) in [5.74, 6) is 0.779. The number of benzene rings is 3. The predicted octanol–water partition coefficient (Wildman–Crippen LogP) is 5.68. The minimum atomic E-state index is -0.881. The summed E-state index contributed by atoms with van der Waals surface area (Å²) in [6.07, 6.45) is 5.17. The summed E-state index contributed by atoms with van der Waals surface area (Å²) in [6.45, 7) is 5.91. The molecule has 0 amide bonds. The first-order valence-corrected chi connectivity index (χ1v) is 12.4. The number of aromatic nitrogens is 1. The van der Waals surface area contributed by atoms with Gasteiger partial charge in [-0.3, -0.25) is 9.80 Å². The maximum Gasteiger partial charge on any atom is 0.335 e. The van der Waals surface area contributed by atoms with Crippen molar-refractivity contribution < 1.29 is 14.6 Å². The molecule has 1 N–H and O–H groups in total. The van der Waals surface area contributed by atoms with Crippen LogP contribution in [0.15, 0.2) is 97.3 Å². The quantitative estimate of drug-likeness (QED) is 0.351. The fourth-order valence-corrected chi connectivity index (χ4v) is 4.60. The first-order valence-electron chi connectivity index (χ1n) is 12.4. The van der Waals surface area contributed by atoms with Gasteiger partial charge in [0.15, 0.2) is 0 Å². The number of hydrogen-bond donors (Lipinski definition) is 1. The van der Waals surface area contributed by atoms with Crippen LogP contribution in [0.25, 0.3) is 5.69 Å². The van der Waals surface area contributed by atoms with Crippen LogP contribution in [0.3, 0.4) is 0 Å². The summed E-state index contributed by atoms with van der Waals surface area (Å²) in [5.41, 5.74) is 3.88. The van der Waals surface area contributed by atoms with Crippen LogP contribution in [0.4, 0.5) is 0 Å². The lowest BCUT2D eigenvalue weighted by Crippen LogP contribution is -2.30. The number of carboxylic acid groups (broad SMARTS) is 1. The van der Waals surface area contributed by atoms with E-state index in [9.17, 15) is 4.79 Å². The predicted molar refractivity (Wildman–Crippen MR) is 141 cm³/mol. The maximum absolute atomic E-state index is 11.1. The van der Waals surface area contributed by atoms with E-state index in [1.807, 2.05) is 60.9 Å². The fourth-order valence-electron chi connectivity index (χ4n) is 4.60. The second kappa shape index (κ2) is 11.2. The van der Waals surface area contributed by atoms with Crippen molar-refractivity contribution in [1.29, 1.82) is 0 Å². The van der Waals surface area contributed by atoms with Gasteiger partial charge in [0.25, 0.3) is 0 Å². The van der Waals surface area contributed by atoms with Gasteiger partial charge in [0.05, 0.1) is 5.56 Å². The van der Waals surface area contributed by atoms with Gasteiger partial charge < -0.3 is 14.4 Å². The van der Waals surface area contributed by atoms with Crippen molar-refractivity contribution >= 4 is 5.97 Å². The topological polar surface area (TPSA) is 57.9 Å². The Labute approximate surface area is 212 Å². The lowest BCUT2D eigenvalue weighted by molar-refractivity contribution is 0.0697. The lowest BCUT2D eigenvalue weighted by atomic mass is 10.1. The van der Waals surface area contributed by atoms with Gasteiger partial charge in [-0.1, -0.05) is 24.3 Å². The van der Waals surface area contributed by atoms with Crippen molar-refractivity contribution in [2.75, 3.05) is 26.2 Å². The minimum Gasteiger partial charge on any atom is -0.478 e. The van der Waals surface area contributed by atoms with Gasteiger partial charge in [-0.2, -0.15) is 0 Å². The highest BCUT2D eigenvalue weighted by Gasteiger charge is 2.15. The Morgan fingerprint density at radius 3 is 1.72 bits per heavy atom. The highest BCUT2D eigenvalue weighted by Crippen LogP contribution is 2.24. The van der Waals surface area contributed by atoms with Crippen LogP contribution in [-0.2, 0) is 13.1 Å². The van der Waals surface area contributed by atoms with Crippen LogP contribution in [0, 0.1) is 0 Å². The van der Waals surface area contributed by atoms with Crippen molar-refractivity contribution in [3.63, 3.8) is 0 Å². The van der Waals surface area contributed by atoms with Crippen LogP contribution in [0.5, 0.6) is 11.5 Å². The normalized spacial score (nSPS) is 14.9. The zero-order valence-corrected chi connectivity index (χ0v) is 20.3. The van der Waals surface area contributed by atoms with Gasteiger partial charge in [-0.25, -0.2) is 4.79 Å². The average molecular weight is 482 g/mol. The van der Waals surface area contributed by atoms with Gasteiger partial charge in [0.1, 0.15) is 11.5 Å². The standard InChI is InChI=1S/C30H31N3O3/c34-30(35)26-8-4-24(5-9-26)22-31-16-3-17-32(21-20-31)23-25-6-12-28(13-7-25)36-29-14-10-27(11-15-29)33-18-1-2-19-33/h1-2,4-15,18-19H,3,16-17,20-23H2,(H,34,35). The number of aromatic carboxylic acids is 1. The van der Waals surface area contributed by atoms with E-state index in [1.165, 1.54) is 5.56 Å². The van der Waals surface area contributed by atoms with E-state index in [1.54, 1.807) is 12.1 Å². The maximum atomic E-state index is 11.1. The van der Waals surface area contributed by atoms with E-state index in [0.29, 0.717) is 5.56 Å². The molecule has 0 bridgehead atoms. The van der Waals surface area contributed by atoms with Crippen molar-refractivity contribution in [3.8, 4) is 17.2 Å². The highest BCUT2D eigenvalue weighted by molar-refractivity contribution is 5.87. The van der Waals surface area contributed by atoms with E-state index >= 15 is 0 Å².